The molecule has 2 aliphatic heterocycles. The molecule has 2 fully saturated rings. The molecule has 2 N–H and O–H groups in total. The maximum absolute atomic E-state index is 13.6. The zero-order valence-electron chi connectivity index (χ0n) is 20.4. The average molecular weight is 592 g/mol. The summed E-state index contributed by atoms with van der Waals surface area (Å²) in [5.41, 5.74) is 0.966. The van der Waals surface area contributed by atoms with Gasteiger partial charge in [0.05, 0.1) is 23.5 Å². The third kappa shape index (κ3) is 7.55. The fourth-order valence-electron chi connectivity index (χ4n) is 4.52. The molecular formula is C27H31BrN2O6S. The van der Waals surface area contributed by atoms with E-state index in [1.54, 1.807) is 12.1 Å². The van der Waals surface area contributed by atoms with Crippen molar-refractivity contribution in [3.63, 3.8) is 0 Å². The zero-order chi connectivity index (χ0) is 26.3. The largest absolute Gasteiger partial charge is 0.481 e. The Balaban J connectivity index is 1.41. The quantitative estimate of drug-likeness (QED) is 0.451. The van der Waals surface area contributed by atoms with Gasteiger partial charge in [0.15, 0.2) is 9.84 Å². The van der Waals surface area contributed by atoms with Crippen LogP contribution in [0.1, 0.15) is 24.8 Å². The molecule has 4 rings (SSSR count). The number of ether oxygens (including phenoxy) is 2. The molecule has 8 nitrogen and oxygen atoms in total. The summed E-state index contributed by atoms with van der Waals surface area (Å²) in [5, 5.41) is 11.9. The number of halogens is 1. The van der Waals surface area contributed by atoms with Crippen LogP contribution in [0, 0.1) is 17.8 Å². The van der Waals surface area contributed by atoms with Gasteiger partial charge in [-0.05, 0) is 54.8 Å². The number of hydrogen-bond donors (Lipinski definition) is 2. The molecule has 2 heterocycles. The summed E-state index contributed by atoms with van der Waals surface area (Å²) in [6, 6.07) is 13.9. The summed E-state index contributed by atoms with van der Waals surface area (Å²) in [6.07, 6.45) is 1.18. The molecule has 10 heteroatoms. The molecular weight excluding hydrogens is 560 g/mol. The number of morpholine rings is 1. The summed E-state index contributed by atoms with van der Waals surface area (Å²) in [7, 11) is -3.81. The number of carboxylic acids is 1. The van der Waals surface area contributed by atoms with E-state index in [1.807, 2.05) is 29.2 Å². The molecule has 2 aliphatic rings. The minimum absolute atomic E-state index is 0.0439. The van der Waals surface area contributed by atoms with E-state index in [4.69, 9.17) is 9.47 Å². The van der Waals surface area contributed by atoms with Gasteiger partial charge in [0.2, 0.25) is 0 Å². The molecule has 198 valence electrons. The van der Waals surface area contributed by atoms with Crippen LogP contribution in [-0.2, 0) is 25.9 Å². The Labute approximate surface area is 226 Å². The number of nitrogens with zero attached hydrogens (tertiary/aromatic N) is 1. The van der Waals surface area contributed by atoms with Gasteiger partial charge in [-0.2, -0.15) is 0 Å². The van der Waals surface area contributed by atoms with Crippen molar-refractivity contribution in [1.82, 2.24) is 10.2 Å². The second-order valence-corrected chi connectivity index (χ2v) is 12.2. The van der Waals surface area contributed by atoms with E-state index in [2.05, 4.69) is 33.1 Å². The number of sulfone groups is 1. The normalized spacial score (nSPS) is 22.6. The van der Waals surface area contributed by atoms with Crippen molar-refractivity contribution >= 4 is 31.7 Å². The third-order valence-corrected chi connectivity index (χ3v) is 9.25. The van der Waals surface area contributed by atoms with Gasteiger partial charge in [-0.25, -0.2) is 8.42 Å². The lowest BCUT2D eigenvalue weighted by atomic mass is 9.96. The van der Waals surface area contributed by atoms with Gasteiger partial charge in [-0.1, -0.05) is 39.9 Å². The highest BCUT2D eigenvalue weighted by atomic mass is 79.9. The van der Waals surface area contributed by atoms with Gasteiger partial charge in [-0.3, -0.25) is 9.69 Å². The van der Waals surface area contributed by atoms with Crippen molar-refractivity contribution in [1.29, 1.82) is 0 Å². The van der Waals surface area contributed by atoms with E-state index >= 15 is 0 Å². The molecule has 0 saturated carbocycles. The number of carbonyl (C=O) groups is 1. The second kappa shape index (κ2) is 12.9. The molecule has 2 saturated heterocycles. The lowest BCUT2D eigenvalue weighted by Gasteiger charge is -2.37. The maximum Gasteiger partial charge on any atom is 0.306 e. The van der Waals surface area contributed by atoms with Crippen molar-refractivity contribution < 1.29 is 27.8 Å². The summed E-state index contributed by atoms with van der Waals surface area (Å²) in [5.74, 6) is 4.88. The molecule has 0 amide bonds. The van der Waals surface area contributed by atoms with Crippen LogP contribution in [0.5, 0.6) is 5.75 Å². The van der Waals surface area contributed by atoms with Crippen molar-refractivity contribution in [3.05, 3.63) is 58.6 Å². The van der Waals surface area contributed by atoms with Crippen molar-refractivity contribution in [2.75, 3.05) is 32.8 Å². The van der Waals surface area contributed by atoms with Gasteiger partial charge in [0.25, 0.3) is 0 Å². The first kappa shape index (κ1) is 27.6. The monoisotopic (exact) mass is 590 g/mol. The van der Waals surface area contributed by atoms with Gasteiger partial charge in [-0.15, -0.1) is 0 Å². The van der Waals surface area contributed by atoms with Crippen LogP contribution in [0.15, 0.2) is 57.9 Å². The zero-order valence-corrected chi connectivity index (χ0v) is 22.8. The SMILES string of the molecule is O=C(O)C1CCN(Cc2ccc(Br)cc2)C(S(=O)(=O)c2ccc(OCC#CCC3CNCCO3)cc2)C1. The van der Waals surface area contributed by atoms with Crippen LogP contribution in [-0.4, -0.2) is 68.7 Å². The number of aliphatic carboxylic acids is 1. The number of benzene rings is 2. The first-order chi connectivity index (χ1) is 17.8. The molecule has 0 aliphatic carbocycles. The number of carboxylic acid groups (broad SMARTS) is 1. The summed E-state index contributed by atoms with van der Waals surface area (Å²) >= 11 is 3.41. The van der Waals surface area contributed by atoms with Crippen LogP contribution in [0.4, 0.5) is 0 Å². The average Bonchev–Trinajstić information content (AvgIpc) is 2.90. The smallest absolute Gasteiger partial charge is 0.306 e. The van der Waals surface area contributed by atoms with Gasteiger partial charge < -0.3 is 19.9 Å². The van der Waals surface area contributed by atoms with Crippen molar-refractivity contribution in [2.45, 2.75) is 42.2 Å². The van der Waals surface area contributed by atoms with Crippen LogP contribution >= 0.6 is 15.9 Å². The maximum atomic E-state index is 13.6. The molecule has 37 heavy (non-hydrogen) atoms. The van der Waals surface area contributed by atoms with E-state index in [1.165, 1.54) is 12.1 Å². The molecule has 0 aromatic heterocycles. The number of piperidine rings is 1. The number of rotatable bonds is 8. The molecule has 0 spiro atoms. The lowest BCUT2D eigenvalue weighted by molar-refractivity contribution is -0.143. The van der Waals surface area contributed by atoms with Crippen LogP contribution in [0.3, 0.4) is 0 Å². The Bertz CT molecular complexity index is 1220. The van der Waals surface area contributed by atoms with E-state index in [0.29, 0.717) is 38.3 Å². The van der Waals surface area contributed by atoms with E-state index in [9.17, 15) is 18.3 Å². The van der Waals surface area contributed by atoms with E-state index in [-0.39, 0.29) is 24.0 Å². The minimum atomic E-state index is -3.81. The Morgan fingerprint density at radius 1 is 1.16 bits per heavy atom. The number of likely N-dealkylation sites (tertiary alicyclic amines) is 1. The number of nitrogens with one attached hydrogen (secondary N) is 1. The minimum Gasteiger partial charge on any atom is -0.481 e. The van der Waals surface area contributed by atoms with E-state index < -0.39 is 27.1 Å². The lowest BCUT2D eigenvalue weighted by Crippen LogP contribution is -2.47. The highest BCUT2D eigenvalue weighted by Crippen LogP contribution is 2.32. The summed E-state index contributed by atoms with van der Waals surface area (Å²) in [4.78, 5) is 13.7. The topological polar surface area (TPSA) is 105 Å². The fourth-order valence-corrected chi connectivity index (χ4v) is 6.67. The Morgan fingerprint density at radius 2 is 1.92 bits per heavy atom. The summed E-state index contributed by atoms with van der Waals surface area (Å²) in [6.45, 7) is 3.35. The highest BCUT2D eigenvalue weighted by Gasteiger charge is 2.40. The van der Waals surface area contributed by atoms with Gasteiger partial charge in [0.1, 0.15) is 17.7 Å². The van der Waals surface area contributed by atoms with Crippen LogP contribution < -0.4 is 10.1 Å². The standard InChI is InChI=1S/C27H31BrN2O6S/c28-22-6-4-20(5-7-22)19-30-14-12-21(27(31)32)17-26(30)37(33,34)25-10-8-23(9-11-25)35-15-2-1-3-24-18-29-13-16-36-24/h4-11,21,24,26,29H,3,12-19H2,(H,31,32). The fraction of sp³-hybridized carbons (Fsp3) is 0.444. The molecule has 2 aromatic rings. The first-order valence-electron chi connectivity index (χ1n) is 12.3. The summed E-state index contributed by atoms with van der Waals surface area (Å²) < 4.78 is 39.5. The molecule has 3 atom stereocenters. The van der Waals surface area contributed by atoms with Crippen molar-refractivity contribution in [3.8, 4) is 17.6 Å². The molecule has 0 bridgehead atoms. The van der Waals surface area contributed by atoms with Gasteiger partial charge >= 0.3 is 5.97 Å². The van der Waals surface area contributed by atoms with Gasteiger partial charge in [0, 0.05) is 37.1 Å². The van der Waals surface area contributed by atoms with Crippen LogP contribution in [0.25, 0.3) is 0 Å². The predicted molar refractivity (Wildman–Crippen MR) is 143 cm³/mol. The third-order valence-electron chi connectivity index (χ3n) is 6.59. The Hall–Kier alpha value is -2.42. The van der Waals surface area contributed by atoms with E-state index in [0.717, 1.165) is 23.1 Å². The van der Waals surface area contributed by atoms with Crippen LogP contribution in [0.2, 0.25) is 0 Å². The highest BCUT2D eigenvalue weighted by molar-refractivity contribution is 9.10. The molecule has 3 unspecified atom stereocenters. The van der Waals surface area contributed by atoms with Crippen molar-refractivity contribution in [2.24, 2.45) is 5.92 Å². The predicted octanol–water partition coefficient (Wildman–Crippen LogP) is 3.31. The molecule has 0 radical (unpaired) electrons. The second-order valence-electron chi connectivity index (χ2n) is 9.17. The first-order valence-corrected chi connectivity index (χ1v) is 14.6. The molecule has 2 aromatic carbocycles. The Morgan fingerprint density at radius 3 is 2.59 bits per heavy atom. The Kier molecular flexibility index (Phi) is 9.62. The number of hydrogen-bond acceptors (Lipinski definition) is 7.